The van der Waals surface area contributed by atoms with Crippen LogP contribution < -0.4 is 10.6 Å². The van der Waals surface area contributed by atoms with Crippen molar-refractivity contribution in [2.75, 3.05) is 19.6 Å². The molecule has 0 aromatic rings. The largest absolute Gasteiger partial charge is 0.352 e. The Morgan fingerprint density at radius 3 is 2.65 bits per heavy atom. The first-order chi connectivity index (χ1) is 9.33. The molecule has 1 heterocycles. The van der Waals surface area contributed by atoms with E-state index in [9.17, 15) is 9.59 Å². The van der Waals surface area contributed by atoms with E-state index in [0.29, 0.717) is 6.54 Å². The number of nitrogens with zero attached hydrogens (tertiary/aromatic N) is 1. The summed E-state index contributed by atoms with van der Waals surface area (Å²) >= 11 is 0. The Morgan fingerprint density at radius 2 is 2.05 bits per heavy atom. The van der Waals surface area contributed by atoms with Crippen LogP contribution in [0.5, 0.6) is 0 Å². The standard InChI is InChI=1S/C15H27N3O2/c1-5-9-16-13(19)11-18-10-7-6-8-12(18)14(20)17-15(2,3)4/h5,12H,1,6-11H2,2-4H3,(H,16,19)(H,17,20). The van der Waals surface area contributed by atoms with Crippen molar-refractivity contribution in [2.24, 2.45) is 0 Å². The molecular formula is C15H27N3O2. The summed E-state index contributed by atoms with van der Waals surface area (Å²) in [6.07, 6.45) is 4.54. The lowest BCUT2D eigenvalue weighted by atomic mass is 9.99. The van der Waals surface area contributed by atoms with Gasteiger partial charge in [-0.1, -0.05) is 12.5 Å². The van der Waals surface area contributed by atoms with Gasteiger partial charge in [0.1, 0.15) is 0 Å². The average Bonchev–Trinajstić information content (AvgIpc) is 2.35. The molecular weight excluding hydrogens is 254 g/mol. The van der Waals surface area contributed by atoms with Crippen molar-refractivity contribution in [1.29, 1.82) is 0 Å². The van der Waals surface area contributed by atoms with Gasteiger partial charge in [0.2, 0.25) is 11.8 Å². The molecule has 0 bridgehead atoms. The van der Waals surface area contributed by atoms with Crippen molar-refractivity contribution >= 4 is 11.8 Å². The summed E-state index contributed by atoms with van der Waals surface area (Å²) < 4.78 is 0. The van der Waals surface area contributed by atoms with Crippen LogP contribution in [0.15, 0.2) is 12.7 Å². The molecule has 2 amide bonds. The maximum Gasteiger partial charge on any atom is 0.237 e. The molecule has 114 valence electrons. The molecule has 1 fully saturated rings. The number of hydrogen-bond acceptors (Lipinski definition) is 3. The molecule has 1 rings (SSSR count). The molecule has 0 aromatic heterocycles. The van der Waals surface area contributed by atoms with E-state index in [-0.39, 0.29) is 29.9 Å². The normalized spacial score (nSPS) is 20.2. The van der Waals surface area contributed by atoms with Crippen molar-refractivity contribution < 1.29 is 9.59 Å². The monoisotopic (exact) mass is 281 g/mol. The second kappa shape index (κ2) is 7.43. The third-order valence-electron chi connectivity index (χ3n) is 3.20. The van der Waals surface area contributed by atoms with E-state index >= 15 is 0 Å². The summed E-state index contributed by atoms with van der Waals surface area (Å²) in [7, 11) is 0. The first-order valence-corrected chi connectivity index (χ1v) is 7.27. The molecule has 0 aliphatic carbocycles. The Morgan fingerprint density at radius 1 is 1.35 bits per heavy atom. The Hall–Kier alpha value is -1.36. The number of hydrogen-bond donors (Lipinski definition) is 2. The molecule has 1 unspecified atom stereocenters. The molecule has 0 spiro atoms. The van der Waals surface area contributed by atoms with Crippen molar-refractivity contribution in [1.82, 2.24) is 15.5 Å². The molecule has 0 radical (unpaired) electrons. The number of likely N-dealkylation sites (tertiary alicyclic amines) is 1. The lowest BCUT2D eigenvalue weighted by molar-refractivity contribution is -0.131. The van der Waals surface area contributed by atoms with Crippen LogP contribution in [-0.2, 0) is 9.59 Å². The summed E-state index contributed by atoms with van der Waals surface area (Å²) in [6, 6.07) is -0.197. The minimum absolute atomic E-state index is 0.0220. The van der Waals surface area contributed by atoms with Crippen LogP contribution in [0, 0.1) is 0 Å². The highest BCUT2D eigenvalue weighted by atomic mass is 16.2. The van der Waals surface area contributed by atoms with Gasteiger partial charge in [0.05, 0.1) is 12.6 Å². The Kier molecular flexibility index (Phi) is 6.20. The lowest BCUT2D eigenvalue weighted by Crippen LogP contribution is -2.55. The van der Waals surface area contributed by atoms with Gasteiger partial charge in [0.25, 0.3) is 0 Å². The van der Waals surface area contributed by atoms with E-state index in [2.05, 4.69) is 17.2 Å². The van der Waals surface area contributed by atoms with E-state index in [4.69, 9.17) is 0 Å². The van der Waals surface area contributed by atoms with Gasteiger partial charge in [-0.3, -0.25) is 14.5 Å². The molecule has 2 N–H and O–H groups in total. The predicted molar refractivity (Wildman–Crippen MR) is 80.3 cm³/mol. The van der Waals surface area contributed by atoms with E-state index < -0.39 is 0 Å². The fourth-order valence-corrected chi connectivity index (χ4v) is 2.36. The van der Waals surface area contributed by atoms with Crippen LogP contribution >= 0.6 is 0 Å². The van der Waals surface area contributed by atoms with Gasteiger partial charge in [0, 0.05) is 12.1 Å². The fraction of sp³-hybridized carbons (Fsp3) is 0.733. The average molecular weight is 281 g/mol. The highest BCUT2D eigenvalue weighted by Crippen LogP contribution is 2.17. The number of piperidine rings is 1. The third kappa shape index (κ3) is 5.74. The first kappa shape index (κ1) is 16.7. The highest BCUT2D eigenvalue weighted by molar-refractivity contribution is 5.84. The molecule has 1 atom stereocenters. The van der Waals surface area contributed by atoms with Crippen molar-refractivity contribution in [3.05, 3.63) is 12.7 Å². The molecule has 1 aliphatic heterocycles. The maximum absolute atomic E-state index is 12.3. The van der Waals surface area contributed by atoms with Crippen LogP contribution in [0.4, 0.5) is 0 Å². The van der Waals surface area contributed by atoms with Crippen LogP contribution in [0.25, 0.3) is 0 Å². The highest BCUT2D eigenvalue weighted by Gasteiger charge is 2.31. The van der Waals surface area contributed by atoms with Crippen molar-refractivity contribution in [2.45, 2.75) is 51.6 Å². The molecule has 5 heteroatoms. The predicted octanol–water partition coefficient (Wildman–Crippen LogP) is 1.06. The van der Waals surface area contributed by atoms with Crippen LogP contribution in [0.2, 0.25) is 0 Å². The van der Waals surface area contributed by atoms with Gasteiger partial charge in [-0.25, -0.2) is 0 Å². The van der Waals surface area contributed by atoms with Crippen LogP contribution in [0.3, 0.4) is 0 Å². The zero-order valence-electron chi connectivity index (χ0n) is 12.9. The Bertz CT molecular complexity index is 361. The summed E-state index contributed by atoms with van der Waals surface area (Å²) in [6.45, 7) is 11.0. The molecule has 0 aromatic carbocycles. The Labute approximate surface area is 121 Å². The zero-order chi connectivity index (χ0) is 15.2. The fourth-order valence-electron chi connectivity index (χ4n) is 2.36. The van der Waals surface area contributed by atoms with Gasteiger partial charge in [0.15, 0.2) is 0 Å². The van der Waals surface area contributed by atoms with Crippen molar-refractivity contribution in [3.63, 3.8) is 0 Å². The quantitative estimate of drug-likeness (QED) is 0.741. The Balaban J connectivity index is 2.59. The number of amides is 2. The molecule has 1 aliphatic rings. The SMILES string of the molecule is C=CCNC(=O)CN1CCCCC1C(=O)NC(C)(C)C. The number of carbonyl (C=O) groups is 2. The second-order valence-electron chi connectivity index (χ2n) is 6.31. The minimum Gasteiger partial charge on any atom is -0.352 e. The summed E-state index contributed by atoms with van der Waals surface area (Å²) in [4.78, 5) is 26.1. The van der Waals surface area contributed by atoms with Gasteiger partial charge >= 0.3 is 0 Å². The number of nitrogens with one attached hydrogen (secondary N) is 2. The van der Waals surface area contributed by atoms with Gasteiger partial charge in [-0.2, -0.15) is 0 Å². The second-order valence-corrected chi connectivity index (χ2v) is 6.31. The molecule has 1 saturated heterocycles. The summed E-state index contributed by atoms with van der Waals surface area (Å²) in [5.74, 6) is -0.0333. The van der Waals surface area contributed by atoms with Gasteiger partial charge in [-0.05, 0) is 40.2 Å². The topological polar surface area (TPSA) is 61.4 Å². The first-order valence-electron chi connectivity index (χ1n) is 7.27. The minimum atomic E-state index is -0.245. The van der Waals surface area contributed by atoms with E-state index in [1.807, 2.05) is 25.7 Å². The van der Waals surface area contributed by atoms with Gasteiger partial charge in [-0.15, -0.1) is 6.58 Å². The molecule has 20 heavy (non-hydrogen) atoms. The maximum atomic E-state index is 12.3. The summed E-state index contributed by atoms with van der Waals surface area (Å²) in [5, 5.41) is 5.76. The van der Waals surface area contributed by atoms with E-state index in [1.54, 1.807) is 6.08 Å². The van der Waals surface area contributed by atoms with Crippen molar-refractivity contribution in [3.8, 4) is 0 Å². The zero-order valence-corrected chi connectivity index (χ0v) is 12.9. The van der Waals surface area contributed by atoms with Gasteiger partial charge < -0.3 is 10.6 Å². The van der Waals surface area contributed by atoms with E-state index in [0.717, 1.165) is 25.8 Å². The van der Waals surface area contributed by atoms with Crippen LogP contribution in [-0.4, -0.2) is 47.9 Å². The third-order valence-corrected chi connectivity index (χ3v) is 3.20. The summed E-state index contributed by atoms with van der Waals surface area (Å²) in [5.41, 5.74) is -0.245. The molecule has 0 saturated carbocycles. The number of rotatable bonds is 5. The smallest absolute Gasteiger partial charge is 0.237 e. The lowest BCUT2D eigenvalue weighted by Gasteiger charge is -2.35. The van der Waals surface area contributed by atoms with E-state index in [1.165, 1.54) is 0 Å². The van der Waals surface area contributed by atoms with Crippen LogP contribution in [0.1, 0.15) is 40.0 Å². The number of carbonyl (C=O) groups excluding carboxylic acids is 2. The molecule has 5 nitrogen and oxygen atoms in total.